The van der Waals surface area contributed by atoms with Crippen molar-refractivity contribution in [3.05, 3.63) is 33.8 Å². The van der Waals surface area contributed by atoms with E-state index in [2.05, 4.69) is 15.9 Å². The zero-order valence-corrected chi connectivity index (χ0v) is 8.34. The third-order valence-corrected chi connectivity index (χ3v) is 2.55. The number of amides is 1. The molecule has 66 valence electrons. The number of benzene rings is 1. The van der Waals surface area contributed by atoms with Gasteiger partial charge in [0, 0.05) is 4.47 Å². The summed E-state index contributed by atoms with van der Waals surface area (Å²) in [6, 6.07) is 7.11. The van der Waals surface area contributed by atoms with Crippen LogP contribution in [0.2, 0.25) is 0 Å². The van der Waals surface area contributed by atoms with Gasteiger partial charge in [0.15, 0.2) is 0 Å². The summed E-state index contributed by atoms with van der Waals surface area (Å²) in [6.45, 7) is 0. The summed E-state index contributed by atoms with van der Waals surface area (Å²) in [5.41, 5.74) is 6.31. The molecule has 0 spiro atoms. The van der Waals surface area contributed by atoms with Gasteiger partial charge >= 0.3 is 0 Å². The topological polar surface area (TPSA) is 66.9 Å². The Morgan fingerprint density at radius 1 is 1.62 bits per heavy atom. The van der Waals surface area contributed by atoms with Gasteiger partial charge in [-0.1, -0.05) is 12.1 Å². The second-order valence-electron chi connectivity index (χ2n) is 2.48. The minimum atomic E-state index is -0.494. The molecule has 0 aromatic heterocycles. The van der Waals surface area contributed by atoms with Crippen LogP contribution in [-0.4, -0.2) is 5.91 Å². The van der Waals surface area contributed by atoms with Crippen LogP contribution in [0.25, 0.3) is 0 Å². The van der Waals surface area contributed by atoms with Gasteiger partial charge in [-0.25, -0.2) is 0 Å². The number of halogens is 1. The van der Waals surface area contributed by atoms with Crippen molar-refractivity contribution in [3.8, 4) is 6.07 Å². The van der Waals surface area contributed by atoms with Crippen LogP contribution in [0.15, 0.2) is 22.7 Å². The molecule has 0 aliphatic rings. The third kappa shape index (κ3) is 2.07. The van der Waals surface area contributed by atoms with Crippen LogP contribution in [0.1, 0.15) is 15.9 Å². The van der Waals surface area contributed by atoms with E-state index in [1.807, 2.05) is 6.07 Å². The first kappa shape index (κ1) is 9.75. The molecule has 1 amide bonds. The molecule has 4 heteroatoms. The van der Waals surface area contributed by atoms with Crippen LogP contribution in [0.5, 0.6) is 0 Å². The van der Waals surface area contributed by atoms with Crippen molar-refractivity contribution < 1.29 is 4.79 Å². The second kappa shape index (κ2) is 4.06. The Hall–Kier alpha value is -1.34. The van der Waals surface area contributed by atoms with E-state index in [0.29, 0.717) is 10.0 Å². The molecule has 0 heterocycles. The van der Waals surface area contributed by atoms with Gasteiger partial charge in [-0.15, -0.1) is 0 Å². The Morgan fingerprint density at radius 2 is 2.31 bits per heavy atom. The van der Waals surface area contributed by atoms with E-state index in [0.717, 1.165) is 5.56 Å². The van der Waals surface area contributed by atoms with Crippen LogP contribution in [0.3, 0.4) is 0 Å². The van der Waals surface area contributed by atoms with Gasteiger partial charge in [0.1, 0.15) is 0 Å². The average molecular weight is 239 g/mol. The normalized spacial score (nSPS) is 9.23. The molecular formula is C9H7BrN2O. The second-order valence-corrected chi connectivity index (χ2v) is 3.27. The number of hydrogen-bond donors (Lipinski definition) is 1. The number of primary amides is 1. The molecule has 0 bridgehead atoms. The van der Waals surface area contributed by atoms with Gasteiger partial charge in [0.05, 0.1) is 18.1 Å². The molecule has 1 aromatic rings. The number of nitrogens with two attached hydrogens (primary N) is 1. The van der Waals surface area contributed by atoms with Crippen molar-refractivity contribution in [1.29, 1.82) is 5.26 Å². The number of carbonyl (C=O) groups is 1. The van der Waals surface area contributed by atoms with Crippen molar-refractivity contribution in [3.63, 3.8) is 0 Å². The number of carbonyl (C=O) groups excluding carboxylic acids is 1. The molecule has 0 fully saturated rings. The highest BCUT2D eigenvalue weighted by Gasteiger charge is 2.08. The summed E-state index contributed by atoms with van der Waals surface area (Å²) in [4.78, 5) is 10.9. The number of nitriles is 1. The maximum atomic E-state index is 10.9. The van der Waals surface area contributed by atoms with Crippen LogP contribution in [0, 0.1) is 11.3 Å². The summed E-state index contributed by atoms with van der Waals surface area (Å²) >= 11 is 3.23. The summed E-state index contributed by atoms with van der Waals surface area (Å²) in [5, 5.41) is 8.49. The van der Waals surface area contributed by atoms with E-state index in [9.17, 15) is 4.79 Å². The van der Waals surface area contributed by atoms with Crippen molar-refractivity contribution >= 4 is 21.8 Å². The van der Waals surface area contributed by atoms with E-state index in [1.165, 1.54) is 0 Å². The average Bonchev–Trinajstić information content (AvgIpc) is 2.08. The predicted molar refractivity (Wildman–Crippen MR) is 52.0 cm³/mol. The van der Waals surface area contributed by atoms with Crippen LogP contribution in [-0.2, 0) is 6.42 Å². The van der Waals surface area contributed by atoms with E-state index in [1.54, 1.807) is 18.2 Å². The molecule has 0 aliphatic carbocycles. The monoisotopic (exact) mass is 238 g/mol. The first-order chi connectivity index (χ1) is 6.16. The Kier molecular flexibility index (Phi) is 3.04. The molecule has 13 heavy (non-hydrogen) atoms. The summed E-state index contributed by atoms with van der Waals surface area (Å²) in [5.74, 6) is -0.494. The number of nitrogens with zero attached hydrogens (tertiary/aromatic N) is 1. The maximum Gasteiger partial charge on any atom is 0.249 e. The van der Waals surface area contributed by atoms with Gasteiger partial charge in [-0.2, -0.15) is 5.26 Å². The molecule has 0 saturated heterocycles. The Labute approximate surface area is 84.3 Å². The Bertz CT molecular complexity index is 382. The summed E-state index contributed by atoms with van der Waals surface area (Å²) in [7, 11) is 0. The molecule has 0 atom stereocenters. The first-order valence-electron chi connectivity index (χ1n) is 3.61. The zero-order valence-electron chi connectivity index (χ0n) is 6.75. The fourth-order valence-corrected chi connectivity index (χ4v) is 1.59. The number of hydrogen-bond acceptors (Lipinski definition) is 2. The highest BCUT2D eigenvalue weighted by atomic mass is 79.9. The molecule has 2 N–H and O–H groups in total. The first-order valence-corrected chi connectivity index (χ1v) is 4.40. The fraction of sp³-hybridized carbons (Fsp3) is 0.111. The third-order valence-electron chi connectivity index (χ3n) is 1.61. The van der Waals surface area contributed by atoms with E-state index in [-0.39, 0.29) is 6.42 Å². The molecule has 0 aliphatic heterocycles. The van der Waals surface area contributed by atoms with E-state index >= 15 is 0 Å². The minimum absolute atomic E-state index is 0.266. The summed E-state index contributed by atoms with van der Waals surface area (Å²) < 4.78 is 0.615. The molecule has 0 radical (unpaired) electrons. The lowest BCUT2D eigenvalue weighted by Gasteiger charge is -2.03. The lowest BCUT2D eigenvalue weighted by Crippen LogP contribution is -2.12. The lowest BCUT2D eigenvalue weighted by atomic mass is 10.1. The maximum absolute atomic E-state index is 10.9. The van der Waals surface area contributed by atoms with Gasteiger partial charge in [0.25, 0.3) is 0 Å². The standard InChI is InChI=1S/C9H7BrN2O/c10-8-6(4-5-11)2-1-3-7(8)9(12)13/h1-3H,4H2,(H2,12,13). The van der Waals surface area contributed by atoms with Gasteiger partial charge in [-0.05, 0) is 27.6 Å². The largest absolute Gasteiger partial charge is 0.366 e. The van der Waals surface area contributed by atoms with Crippen LogP contribution in [0.4, 0.5) is 0 Å². The zero-order chi connectivity index (χ0) is 9.84. The molecule has 1 rings (SSSR count). The van der Waals surface area contributed by atoms with Crippen molar-refractivity contribution in [2.75, 3.05) is 0 Å². The van der Waals surface area contributed by atoms with Gasteiger partial charge in [-0.3, -0.25) is 4.79 Å². The van der Waals surface area contributed by atoms with Crippen LogP contribution < -0.4 is 5.73 Å². The predicted octanol–water partition coefficient (Wildman–Crippen LogP) is 1.61. The molecule has 0 saturated carbocycles. The lowest BCUT2D eigenvalue weighted by molar-refractivity contribution is 0.0999. The molecule has 1 aromatic carbocycles. The smallest absolute Gasteiger partial charge is 0.249 e. The van der Waals surface area contributed by atoms with E-state index in [4.69, 9.17) is 11.0 Å². The van der Waals surface area contributed by atoms with Crippen molar-refractivity contribution in [2.45, 2.75) is 6.42 Å². The summed E-state index contributed by atoms with van der Waals surface area (Å²) in [6.07, 6.45) is 0.266. The molecular weight excluding hydrogens is 232 g/mol. The Balaban J connectivity index is 3.20. The van der Waals surface area contributed by atoms with Crippen LogP contribution >= 0.6 is 15.9 Å². The Morgan fingerprint density at radius 3 is 2.85 bits per heavy atom. The van der Waals surface area contributed by atoms with Crippen molar-refractivity contribution in [1.82, 2.24) is 0 Å². The minimum Gasteiger partial charge on any atom is -0.366 e. The van der Waals surface area contributed by atoms with Gasteiger partial charge in [0.2, 0.25) is 5.91 Å². The SMILES string of the molecule is N#CCc1cccc(C(N)=O)c1Br. The van der Waals surface area contributed by atoms with E-state index < -0.39 is 5.91 Å². The fourth-order valence-electron chi connectivity index (χ4n) is 0.992. The molecule has 3 nitrogen and oxygen atoms in total. The van der Waals surface area contributed by atoms with Gasteiger partial charge < -0.3 is 5.73 Å². The van der Waals surface area contributed by atoms with Crippen molar-refractivity contribution in [2.24, 2.45) is 5.73 Å². The highest BCUT2D eigenvalue weighted by molar-refractivity contribution is 9.10. The number of rotatable bonds is 2. The molecule has 0 unspecified atom stereocenters. The highest BCUT2D eigenvalue weighted by Crippen LogP contribution is 2.21. The quantitative estimate of drug-likeness (QED) is 0.851.